The average Bonchev–Trinajstić information content (AvgIpc) is 3.37. The van der Waals surface area contributed by atoms with Gasteiger partial charge in [0.05, 0.1) is 17.3 Å². The minimum absolute atomic E-state index is 0.207. The average molecular weight is 376 g/mol. The lowest BCUT2D eigenvalue weighted by atomic mass is 9.99. The molecule has 2 unspecified atom stereocenters. The maximum atomic E-state index is 11.9. The molecule has 1 aromatic heterocycles. The van der Waals surface area contributed by atoms with Gasteiger partial charge in [-0.2, -0.15) is 0 Å². The summed E-state index contributed by atoms with van der Waals surface area (Å²) < 4.78 is 11.0. The van der Waals surface area contributed by atoms with E-state index < -0.39 is 12.0 Å². The van der Waals surface area contributed by atoms with Crippen molar-refractivity contribution in [3.8, 4) is 11.5 Å². The molecule has 1 N–H and O–H groups in total. The summed E-state index contributed by atoms with van der Waals surface area (Å²) in [5, 5.41) is 10.8. The number of hydrogen-bond acceptors (Lipinski definition) is 5. The molecule has 0 radical (unpaired) electrons. The summed E-state index contributed by atoms with van der Waals surface area (Å²) in [5.41, 5.74) is 2.70. The summed E-state index contributed by atoms with van der Waals surface area (Å²) in [6, 6.07) is 17.0. The van der Waals surface area contributed by atoms with Gasteiger partial charge in [-0.1, -0.05) is 30.3 Å². The number of hydrogen-bond donors (Lipinski definition) is 1. The Bertz CT molecular complexity index is 1050. The topological polar surface area (TPSA) is 71.9 Å². The zero-order valence-electron chi connectivity index (χ0n) is 15.2. The number of pyridine rings is 1. The Morgan fingerprint density at radius 2 is 1.96 bits per heavy atom. The van der Waals surface area contributed by atoms with Crippen LogP contribution in [-0.2, 0) is 4.79 Å². The molecule has 2 aliphatic rings. The van der Waals surface area contributed by atoms with Crippen molar-refractivity contribution in [3.63, 3.8) is 0 Å². The van der Waals surface area contributed by atoms with Crippen LogP contribution in [0.5, 0.6) is 11.5 Å². The minimum atomic E-state index is -0.788. The van der Waals surface area contributed by atoms with Crippen molar-refractivity contribution < 1.29 is 19.4 Å². The van der Waals surface area contributed by atoms with E-state index in [-0.39, 0.29) is 12.8 Å². The van der Waals surface area contributed by atoms with Gasteiger partial charge in [-0.05, 0) is 42.7 Å². The van der Waals surface area contributed by atoms with E-state index in [1.807, 2.05) is 59.5 Å². The van der Waals surface area contributed by atoms with Crippen LogP contribution in [0.4, 0.5) is 0 Å². The van der Waals surface area contributed by atoms with Crippen molar-refractivity contribution in [1.82, 2.24) is 9.88 Å². The largest absolute Gasteiger partial charge is 0.480 e. The van der Waals surface area contributed by atoms with Crippen LogP contribution in [0.25, 0.3) is 10.9 Å². The molecule has 0 amide bonds. The molecule has 2 atom stereocenters. The summed E-state index contributed by atoms with van der Waals surface area (Å²) in [5.74, 6) is 0.614. The molecular formula is C22H20N2O4. The fraction of sp³-hybridized carbons (Fsp3) is 0.273. The second-order valence-corrected chi connectivity index (χ2v) is 7.18. The Morgan fingerprint density at radius 1 is 1.11 bits per heavy atom. The van der Waals surface area contributed by atoms with Crippen LogP contribution >= 0.6 is 0 Å². The molecule has 5 rings (SSSR count). The van der Waals surface area contributed by atoms with E-state index in [0.29, 0.717) is 24.5 Å². The number of ether oxygens (including phenoxy) is 2. The van der Waals surface area contributed by atoms with E-state index in [2.05, 4.69) is 0 Å². The number of likely N-dealkylation sites (tertiary alicyclic amines) is 1. The van der Waals surface area contributed by atoms with E-state index in [4.69, 9.17) is 14.5 Å². The number of carboxylic acids is 1. The quantitative estimate of drug-likeness (QED) is 0.750. The first-order chi connectivity index (χ1) is 13.7. The Hall–Kier alpha value is -3.12. The number of para-hydroxylation sites is 1. The van der Waals surface area contributed by atoms with Gasteiger partial charge in [-0.25, -0.2) is 0 Å². The number of aliphatic carboxylic acids is 1. The van der Waals surface area contributed by atoms with E-state index in [1.54, 1.807) is 0 Å². The molecule has 1 saturated heterocycles. The molecule has 3 aromatic rings. The second kappa shape index (κ2) is 6.80. The zero-order chi connectivity index (χ0) is 19.1. The van der Waals surface area contributed by atoms with Gasteiger partial charge in [-0.15, -0.1) is 0 Å². The molecule has 0 saturated carbocycles. The molecule has 6 nitrogen and oxygen atoms in total. The summed E-state index contributed by atoms with van der Waals surface area (Å²) in [6.07, 6.45) is 1.50. The van der Waals surface area contributed by atoms with Gasteiger partial charge in [0.2, 0.25) is 6.79 Å². The van der Waals surface area contributed by atoms with Gasteiger partial charge < -0.3 is 14.6 Å². The third-order valence-corrected chi connectivity index (χ3v) is 5.52. The zero-order valence-corrected chi connectivity index (χ0v) is 15.2. The Kier molecular flexibility index (Phi) is 4.13. The molecule has 28 heavy (non-hydrogen) atoms. The number of benzene rings is 2. The highest BCUT2D eigenvalue weighted by molar-refractivity contribution is 5.78. The molecular weight excluding hydrogens is 356 g/mol. The predicted molar refractivity (Wildman–Crippen MR) is 104 cm³/mol. The highest BCUT2D eigenvalue weighted by Crippen LogP contribution is 2.40. The number of nitrogens with zero attached hydrogens (tertiary/aromatic N) is 2. The van der Waals surface area contributed by atoms with E-state index >= 15 is 0 Å². The lowest BCUT2D eigenvalue weighted by Gasteiger charge is -2.31. The molecule has 1 fully saturated rings. The summed E-state index contributed by atoms with van der Waals surface area (Å²) >= 11 is 0. The van der Waals surface area contributed by atoms with Crippen molar-refractivity contribution in [2.24, 2.45) is 0 Å². The highest BCUT2D eigenvalue weighted by atomic mass is 16.7. The van der Waals surface area contributed by atoms with Crippen LogP contribution < -0.4 is 9.47 Å². The SMILES string of the molecule is O=C(O)C1CCCN1C(c1ccc2c(c1)OCO2)c1ccc2ccccc2n1. The third kappa shape index (κ3) is 2.86. The van der Waals surface area contributed by atoms with E-state index in [9.17, 15) is 9.90 Å². The second-order valence-electron chi connectivity index (χ2n) is 7.18. The first-order valence-electron chi connectivity index (χ1n) is 9.44. The first kappa shape index (κ1) is 17.0. The molecule has 3 heterocycles. The van der Waals surface area contributed by atoms with Crippen molar-refractivity contribution in [1.29, 1.82) is 0 Å². The third-order valence-electron chi connectivity index (χ3n) is 5.52. The van der Waals surface area contributed by atoms with Gasteiger partial charge in [-0.3, -0.25) is 14.7 Å². The van der Waals surface area contributed by atoms with Crippen LogP contribution in [0.3, 0.4) is 0 Å². The van der Waals surface area contributed by atoms with Gasteiger partial charge in [0, 0.05) is 11.9 Å². The number of carbonyl (C=O) groups is 1. The lowest BCUT2D eigenvalue weighted by Crippen LogP contribution is -2.39. The molecule has 2 aliphatic heterocycles. The van der Waals surface area contributed by atoms with Crippen LogP contribution in [-0.4, -0.2) is 40.3 Å². The van der Waals surface area contributed by atoms with Crippen LogP contribution in [0.15, 0.2) is 54.6 Å². The molecule has 2 aromatic carbocycles. The fourth-order valence-electron chi connectivity index (χ4n) is 4.21. The van der Waals surface area contributed by atoms with Crippen LogP contribution in [0.1, 0.15) is 30.1 Å². The summed E-state index contributed by atoms with van der Waals surface area (Å²) in [7, 11) is 0. The maximum Gasteiger partial charge on any atom is 0.320 e. The predicted octanol–water partition coefficient (Wildman–Crippen LogP) is 3.60. The van der Waals surface area contributed by atoms with Crippen molar-refractivity contribution in [3.05, 3.63) is 65.9 Å². The van der Waals surface area contributed by atoms with Gasteiger partial charge in [0.25, 0.3) is 0 Å². The minimum Gasteiger partial charge on any atom is -0.480 e. The number of rotatable bonds is 4. The van der Waals surface area contributed by atoms with Crippen LogP contribution in [0.2, 0.25) is 0 Å². The fourth-order valence-corrected chi connectivity index (χ4v) is 4.21. The smallest absolute Gasteiger partial charge is 0.320 e. The van der Waals surface area contributed by atoms with Gasteiger partial charge in [0.1, 0.15) is 6.04 Å². The van der Waals surface area contributed by atoms with Crippen molar-refractivity contribution in [2.75, 3.05) is 13.3 Å². The summed E-state index contributed by atoms with van der Waals surface area (Å²) in [4.78, 5) is 18.8. The normalized spacial score (nSPS) is 19.8. The van der Waals surface area contributed by atoms with E-state index in [0.717, 1.165) is 28.6 Å². The van der Waals surface area contributed by atoms with Crippen molar-refractivity contribution in [2.45, 2.75) is 24.9 Å². The molecule has 142 valence electrons. The number of fused-ring (bicyclic) bond motifs is 2. The monoisotopic (exact) mass is 376 g/mol. The molecule has 0 aliphatic carbocycles. The van der Waals surface area contributed by atoms with Gasteiger partial charge >= 0.3 is 5.97 Å². The lowest BCUT2D eigenvalue weighted by molar-refractivity contribution is -0.142. The Labute approximate surface area is 162 Å². The Balaban J connectivity index is 1.64. The number of carboxylic acid groups (broad SMARTS) is 1. The molecule has 0 bridgehead atoms. The highest BCUT2D eigenvalue weighted by Gasteiger charge is 2.38. The summed E-state index contributed by atoms with van der Waals surface area (Å²) in [6.45, 7) is 0.920. The van der Waals surface area contributed by atoms with Crippen molar-refractivity contribution >= 4 is 16.9 Å². The maximum absolute atomic E-state index is 11.9. The molecule has 0 spiro atoms. The molecule has 6 heteroatoms. The van der Waals surface area contributed by atoms with E-state index in [1.165, 1.54) is 0 Å². The Morgan fingerprint density at radius 3 is 2.86 bits per heavy atom. The first-order valence-corrected chi connectivity index (χ1v) is 9.44. The van der Waals surface area contributed by atoms with Gasteiger partial charge in [0.15, 0.2) is 11.5 Å². The van der Waals surface area contributed by atoms with Crippen LogP contribution in [0, 0.1) is 0 Å². The standard InChI is InChI=1S/C22H20N2O4/c25-22(26)18-6-3-11-24(18)21(15-8-10-19-20(12-15)28-13-27-19)17-9-7-14-4-1-2-5-16(14)23-17/h1-2,4-5,7-10,12,18,21H,3,6,11,13H2,(H,25,26). The number of aromatic nitrogens is 1.